The third-order valence-corrected chi connectivity index (χ3v) is 2.60. The van der Waals surface area contributed by atoms with Crippen LogP contribution in [-0.4, -0.2) is 12.3 Å². The van der Waals surface area contributed by atoms with Gasteiger partial charge in [-0.15, -0.1) is 0 Å². The molecule has 0 saturated heterocycles. The molecule has 0 saturated carbocycles. The fraction of sp³-hybridized carbons (Fsp3) is 0.417. The highest BCUT2D eigenvalue weighted by atomic mass is 16.1. The lowest BCUT2D eigenvalue weighted by Gasteiger charge is -2.08. The zero-order chi connectivity index (χ0) is 10.6. The van der Waals surface area contributed by atoms with Crippen LogP contribution in [-0.2, 0) is 0 Å². The summed E-state index contributed by atoms with van der Waals surface area (Å²) in [4.78, 5) is 11.2. The third kappa shape index (κ3) is 2.42. The number of Topliss-reactive ketones (excluding diaryl/α,β-unsaturated/α-hetero) is 1. The minimum Gasteiger partial charge on any atom is -0.324 e. The standard InChI is InChI=1S/C12H17NO/c1-3-9(2)10-4-6-11(7-5-10)12(14)8-13/h4-7,9H,3,8,13H2,1-2H3/t9-/m0/s1. The van der Waals surface area contributed by atoms with E-state index in [-0.39, 0.29) is 12.3 Å². The van der Waals surface area contributed by atoms with Gasteiger partial charge in [0.15, 0.2) is 5.78 Å². The second kappa shape index (κ2) is 4.91. The second-order valence-electron chi connectivity index (χ2n) is 3.56. The molecule has 0 aliphatic rings. The van der Waals surface area contributed by atoms with E-state index in [1.807, 2.05) is 24.3 Å². The monoisotopic (exact) mass is 191 g/mol. The van der Waals surface area contributed by atoms with Crippen LogP contribution in [0, 0.1) is 0 Å². The molecule has 2 heteroatoms. The highest BCUT2D eigenvalue weighted by Crippen LogP contribution is 2.18. The first kappa shape index (κ1) is 10.9. The van der Waals surface area contributed by atoms with Crippen LogP contribution in [0.15, 0.2) is 24.3 Å². The zero-order valence-corrected chi connectivity index (χ0v) is 8.79. The van der Waals surface area contributed by atoms with E-state index in [9.17, 15) is 4.79 Å². The molecule has 76 valence electrons. The van der Waals surface area contributed by atoms with Gasteiger partial charge in [-0.3, -0.25) is 4.79 Å². The summed E-state index contributed by atoms with van der Waals surface area (Å²) in [5, 5.41) is 0. The molecule has 0 aromatic heterocycles. The summed E-state index contributed by atoms with van der Waals surface area (Å²) < 4.78 is 0. The van der Waals surface area contributed by atoms with E-state index in [0.29, 0.717) is 11.5 Å². The molecule has 0 heterocycles. The van der Waals surface area contributed by atoms with E-state index in [2.05, 4.69) is 13.8 Å². The van der Waals surface area contributed by atoms with Gasteiger partial charge in [-0.05, 0) is 17.9 Å². The summed E-state index contributed by atoms with van der Waals surface area (Å²) in [6.45, 7) is 4.42. The predicted octanol–water partition coefficient (Wildman–Crippen LogP) is 2.34. The van der Waals surface area contributed by atoms with E-state index >= 15 is 0 Å². The van der Waals surface area contributed by atoms with Gasteiger partial charge in [-0.25, -0.2) is 0 Å². The average Bonchev–Trinajstić information content (AvgIpc) is 2.27. The van der Waals surface area contributed by atoms with Gasteiger partial charge in [0.05, 0.1) is 6.54 Å². The first-order valence-electron chi connectivity index (χ1n) is 5.02. The smallest absolute Gasteiger partial charge is 0.176 e. The van der Waals surface area contributed by atoms with Crippen molar-refractivity contribution in [3.8, 4) is 0 Å². The number of carbonyl (C=O) groups is 1. The van der Waals surface area contributed by atoms with Gasteiger partial charge in [0.1, 0.15) is 0 Å². The van der Waals surface area contributed by atoms with Gasteiger partial charge in [-0.2, -0.15) is 0 Å². The molecule has 1 aromatic carbocycles. The fourth-order valence-corrected chi connectivity index (χ4v) is 1.35. The number of ketones is 1. The molecule has 0 amide bonds. The Balaban J connectivity index is 2.83. The molecule has 0 spiro atoms. The summed E-state index contributed by atoms with van der Waals surface area (Å²) >= 11 is 0. The Hall–Kier alpha value is -1.15. The molecule has 0 aliphatic carbocycles. The summed E-state index contributed by atoms with van der Waals surface area (Å²) in [7, 11) is 0. The topological polar surface area (TPSA) is 43.1 Å². The Kier molecular flexibility index (Phi) is 3.84. The van der Waals surface area contributed by atoms with E-state index in [1.54, 1.807) is 0 Å². The van der Waals surface area contributed by atoms with Crippen LogP contribution in [0.4, 0.5) is 0 Å². The van der Waals surface area contributed by atoms with Crippen LogP contribution in [0.5, 0.6) is 0 Å². The molecule has 1 atom stereocenters. The molecule has 0 fully saturated rings. The number of hydrogen-bond donors (Lipinski definition) is 1. The molecule has 1 aromatic rings. The largest absolute Gasteiger partial charge is 0.324 e. The Labute approximate surface area is 85.1 Å². The normalized spacial score (nSPS) is 12.5. The second-order valence-corrected chi connectivity index (χ2v) is 3.56. The minimum absolute atomic E-state index is 0.000650. The maximum absolute atomic E-state index is 11.2. The Morgan fingerprint density at radius 2 is 1.93 bits per heavy atom. The summed E-state index contributed by atoms with van der Waals surface area (Å²) in [6.07, 6.45) is 1.12. The maximum Gasteiger partial charge on any atom is 0.176 e. The van der Waals surface area contributed by atoms with Crippen LogP contribution in [0.2, 0.25) is 0 Å². The predicted molar refractivity (Wildman–Crippen MR) is 58.5 cm³/mol. The van der Waals surface area contributed by atoms with Crippen molar-refractivity contribution in [2.75, 3.05) is 6.54 Å². The van der Waals surface area contributed by atoms with Gasteiger partial charge >= 0.3 is 0 Å². The fourth-order valence-electron chi connectivity index (χ4n) is 1.35. The highest BCUT2D eigenvalue weighted by molar-refractivity contribution is 5.97. The number of carbonyl (C=O) groups excluding carboxylic acids is 1. The van der Waals surface area contributed by atoms with Crippen molar-refractivity contribution in [3.63, 3.8) is 0 Å². The lowest BCUT2D eigenvalue weighted by Crippen LogP contribution is -2.13. The van der Waals surface area contributed by atoms with Crippen LogP contribution >= 0.6 is 0 Å². The Morgan fingerprint density at radius 1 is 1.36 bits per heavy atom. The Bertz CT molecular complexity index is 303. The molecule has 0 radical (unpaired) electrons. The summed E-state index contributed by atoms with van der Waals surface area (Å²) in [5.74, 6) is 0.553. The van der Waals surface area contributed by atoms with Crippen molar-refractivity contribution in [1.82, 2.24) is 0 Å². The minimum atomic E-state index is 0.000650. The molecule has 2 N–H and O–H groups in total. The quantitative estimate of drug-likeness (QED) is 0.742. The summed E-state index contributed by atoms with van der Waals surface area (Å²) in [6, 6.07) is 7.74. The van der Waals surface area contributed by atoms with Crippen molar-refractivity contribution in [2.45, 2.75) is 26.2 Å². The number of nitrogens with two attached hydrogens (primary N) is 1. The molecule has 1 rings (SSSR count). The SMILES string of the molecule is CC[C@H](C)c1ccc(C(=O)CN)cc1. The van der Waals surface area contributed by atoms with Crippen molar-refractivity contribution >= 4 is 5.78 Å². The maximum atomic E-state index is 11.2. The first-order valence-corrected chi connectivity index (χ1v) is 5.02. The van der Waals surface area contributed by atoms with Gasteiger partial charge in [-0.1, -0.05) is 38.1 Å². The summed E-state index contributed by atoms with van der Waals surface area (Å²) in [5.41, 5.74) is 7.27. The Morgan fingerprint density at radius 3 is 2.36 bits per heavy atom. The van der Waals surface area contributed by atoms with Crippen LogP contribution in [0.3, 0.4) is 0 Å². The van der Waals surface area contributed by atoms with Gasteiger partial charge in [0.2, 0.25) is 0 Å². The number of rotatable bonds is 4. The van der Waals surface area contributed by atoms with E-state index in [4.69, 9.17) is 5.73 Å². The van der Waals surface area contributed by atoms with E-state index in [1.165, 1.54) is 5.56 Å². The van der Waals surface area contributed by atoms with Gasteiger partial charge in [0, 0.05) is 5.56 Å². The molecular weight excluding hydrogens is 174 g/mol. The van der Waals surface area contributed by atoms with E-state index < -0.39 is 0 Å². The van der Waals surface area contributed by atoms with Crippen LogP contribution in [0.25, 0.3) is 0 Å². The number of benzene rings is 1. The van der Waals surface area contributed by atoms with E-state index in [0.717, 1.165) is 6.42 Å². The first-order chi connectivity index (χ1) is 6.69. The van der Waals surface area contributed by atoms with Crippen LogP contribution in [0.1, 0.15) is 42.1 Å². The van der Waals surface area contributed by atoms with Crippen LogP contribution < -0.4 is 5.73 Å². The number of hydrogen-bond acceptors (Lipinski definition) is 2. The highest BCUT2D eigenvalue weighted by Gasteiger charge is 2.05. The van der Waals surface area contributed by atoms with Gasteiger partial charge < -0.3 is 5.73 Å². The molecule has 0 aliphatic heterocycles. The molecule has 14 heavy (non-hydrogen) atoms. The average molecular weight is 191 g/mol. The van der Waals surface area contributed by atoms with Crippen molar-refractivity contribution in [3.05, 3.63) is 35.4 Å². The van der Waals surface area contributed by atoms with Crippen molar-refractivity contribution in [1.29, 1.82) is 0 Å². The lowest BCUT2D eigenvalue weighted by atomic mass is 9.97. The molecular formula is C12H17NO. The van der Waals surface area contributed by atoms with Crippen molar-refractivity contribution < 1.29 is 4.79 Å². The molecule has 0 bridgehead atoms. The van der Waals surface area contributed by atoms with Gasteiger partial charge in [0.25, 0.3) is 0 Å². The van der Waals surface area contributed by atoms with Crippen molar-refractivity contribution in [2.24, 2.45) is 5.73 Å². The lowest BCUT2D eigenvalue weighted by molar-refractivity contribution is 0.100. The third-order valence-electron chi connectivity index (χ3n) is 2.60. The molecule has 0 unspecified atom stereocenters. The molecule has 2 nitrogen and oxygen atoms in total. The zero-order valence-electron chi connectivity index (χ0n) is 8.79.